The lowest BCUT2D eigenvalue weighted by Gasteiger charge is -2.04. The molecule has 0 saturated heterocycles. The average Bonchev–Trinajstić information content (AvgIpc) is 2.50. The van der Waals surface area contributed by atoms with Gasteiger partial charge in [-0.25, -0.2) is 9.59 Å². The molecule has 0 radical (unpaired) electrons. The minimum Gasteiger partial charge on any atom is -0.462 e. The average molecular weight is 306 g/mol. The number of rotatable bonds is 9. The van der Waals surface area contributed by atoms with Crippen LogP contribution in [0.2, 0.25) is 0 Å². The zero-order valence-corrected chi connectivity index (χ0v) is 12.5. The van der Waals surface area contributed by atoms with Crippen molar-refractivity contribution in [3.05, 3.63) is 23.5 Å². The van der Waals surface area contributed by atoms with Crippen LogP contribution in [-0.2, 0) is 19.1 Å². The van der Waals surface area contributed by atoms with Crippen LogP contribution < -0.4 is 10.6 Å². The van der Waals surface area contributed by atoms with E-state index >= 15 is 0 Å². The summed E-state index contributed by atoms with van der Waals surface area (Å²) in [5.74, 6) is -1.39. The van der Waals surface area contributed by atoms with Gasteiger partial charge in [0.1, 0.15) is 12.1 Å². The van der Waals surface area contributed by atoms with Crippen LogP contribution >= 0.6 is 0 Å². The summed E-state index contributed by atoms with van der Waals surface area (Å²) in [6.45, 7) is 4.40. The SMILES string of the molecule is CCOC(=O)/C(C#N)=C/NCCN/C=C(\C#N)C(=O)OCC. The highest BCUT2D eigenvalue weighted by atomic mass is 16.5. The number of nitriles is 2. The third-order valence-electron chi connectivity index (χ3n) is 2.14. The molecule has 0 aliphatic rings. The number of nitrogens with zero attached hydrogens (tertiary/aromatic N) is 2. The monoisotopic (exact) mass is 306 g/mol. The van der Waals surface area contributed by atoms with Gasteiger partial charge in [-0.15, -0.1) is 0 Å². The molecule has 0 spiro atoms. The Bertz CT molecular complexity index is 478. The second-order valence-electron chi connectivity index (χ2n) is 3.69. The smallest absolute Gasteiger partial charge is 0.350 e. The van der Waals surface area contributed by atoms with E-state index in [1.807, 2.05) is 0 Å². The number of hydrogen-bond acceptors (Lipinski definition) is 8. The van der Waals surface area contributed by atoms with E-state index in [9.17, 15) is 9.59 Å². The highest BCUT2D eigenvalue weighted by molar-refractivity contribution is 5.93. The van der Waals surface area contributed by atoms with Crippen molar-refractivity contribution in [2.24, 2.45) is 0 Å². The van der Waals surface area contributed by atoms with Crippen LogP contribution in [0.15, 0.2) is 23.5 Å². The van der Waals surface area contributed by atoms with Gasteiger partial charge in [0.25, 0.3) is 0 Å². The molecule has 0 rings (SSSR count). The number of ether oxygens (including phenoxy) is 2. The molecule has 0 bridgehead atoms. The minimum absolute atomic E-state index is 0.137. The summed E-state index contributed by atoms with van der Waals surface area (Å²) in [7, 11) is 0. The Balaban J connectivity index is 4.22. The van der Waals surface area contributed by atoms with E-state index in [0.717, 1.165) is 0 Å². The number of esters is 2. The second-order valence-corrected chi connectivity index (χ2v) is 3.69. The quantitative estimate of drug-likeness (QED) is 0.266. The van der Waals surface area contributed by atoms with E-state index in [1.165, 1.54) is 12.4 Å². The zero-order valence-electron chi connectivity index (χ0n) is 12.5. The van der Waals surface area contributed by atoms with Crippen molar-refractivity contribution >= 4 is 11.9 Å². The van der Waals surface area contributed by atoms with Crippen molar-refractivity contribution in [1.29, 1.82) is 10.5 Å². The van der Waals surface area contributed by atoms with E-state index in [2.05, 4.69) is 20.1 Å². The standard InChI is InChI=1S/C14H18N4O4/c1-3-21-13(19)11(7-15)9-17-5-6-18-10-12(8-16)14(20)22-4-2/h9-10,17-18H,3-6H2,1-2H3/b11-9+,12-10+. The van der Waals surface area contributed by atoms with Gasteiger partial charge in [0, 0.05) is 25.5 Å². The van der Waals surface area contributed by atoms with E-state index in [-0.39, 0.29) is 24.4 Å². The lowest BCUT2D eigenvalue weighted by atomic mass is 10.3. The van der Waals surface area contributed by atoms with Gasteiger partial charge >= 0.3 is 11.9 Å². The molecule has 0 amide bonds. The summed E-state index contributed by atoms with van der Waals surface area (Å²) >= 11 is 0. The van der Waals surface area contributed by atoms with E-state index in [1.54, 1.807) is 26.0 Å². The van der Waals surface area contributed by atoms with Crippen LogP contribution in [0.5, 0.6) is 0 Å². The summed E-state index contributed by atoms with van der Waals surface area (Å²) in [6, 6.07) is 3.44. The van der Waals surface area contributed by atoms with Gasteiger partial charge in [-0.1, -0.05) is 0 Å². The molecule has 0 fully saturated rings. The molecule has 0 aliphatic carbocycles. The zero-order chi connectivity index (χ0) is 16.8. The second kappa shape index (κ2) is 11.8. The van der Waals surface area contributed by atoms with Gasteiger partial charge < -0.3 is 20.1 Å². The third-order valence-corrected chi connectivity index (χ3v) is 2.14. The molecule has 0 aliphatic heterocycles. The topological polar surface area (TPSA) is 124 Å². The molecule has 0 unspecified atom stereocenters. The van der Waals surface area contributed by atoms with E-state index < -0.39 is 11.9 Å². The van der Waals surface area contributed by atoms with Crippen molar-refractivity contribution in [1.82, 2.24) is 10.6 Å². The van der Waals surface area contributed by atoms with Gasteiger partial charge in [-0.3, -0.25) is 0 Å². The minimum atomic E-state index is -0.695. The molecule has 8 heteroatoms. The molecule has 2 N–H and O–H groups in total. The van der Waals surface area contributed by atoms with E-state index in [0.29, 0.717) is 13.1 Å². The highest BCUT2D eigenvalue weighted by Gasteiger charge is 2.09. The van der Waals surface area contributed by atoms with Crippen LogP contribution in [0.4, 0.5) is 0 Å². The molecule has 0 atom stereocenters. The van der Waals surface area contributed by atoms with Gasteiger partial charge in [0.2, 0.25) is 0 Å². The van der Waals surface area contributed by atoms with Gasteiger partial charge in [-0.05, 0) is 13.8 Å². The largest absolute Gasteiger partial charge is 0.462 e. The Morgan fingerprint density at radius 3 is 1.55 bits per heavy atom. The first-order chi connectivity index (χ1) is 10.6. The molecule has 22 heavy (non-hydrogen) atoms. The molecule has 118 valence electrons. The first-order valence-corrected chi connectivity index (χ1v) is 6.62. The maximum absolute atomic E-state index is 11.3. The van der Waals surface area contributed by atoms with Crippen LogP contribution in [-0.4, -0.2) is 38.2 Å². The first kappa shape index (κ1) is 19.0. The lowest BCUT2D eigenvalue weighted by Crippen LogP contribution is -2.23. The Morgan fingerprint density at radius 1 is 0.909 bits per heavy atom. The number of carbonyl (C=O) groups excluding carboxylic acids is 2. The Kier molecular flexibility index (Phi) is 10.2. The van der Waals surface area contributed by atoms with Crippen molar-refractivity contribution in [3.63, 3.8) is 0 Å². The fraction of sp³-hybridized carbons (Fsp3) is 0.429. The van der Waals surface area contributed by atoms with Crippen LogP contribution in [0.1, 0.15) is 13.8 Å². The summed E-state index contributed by atoms with van der Waals surface area (Å²) in [5, 5.41) is 23.0. The fourth-order valence-electron chi connectivity index (χ4n) is 1.18. The Hall–Kier alpha value is -3.00. The van der Waals surface area contributed by atoms with Crippen molar-refractivity contribution < 1.29 is 19.1 Å². The predicted octanol–water partition coefficient (Wildman–Crippen LogP) is 0.107. The maximum atomic E-state index is 11.3. The van der Waals surface area contributed by atoms with Gasteiger partial charge in [0.05, 0.1) is 13.2 Å². The van der Waals surface area contributed by atoms with Gasteiger partial charge in [-0.2, -0.15) is 10.5 Å². The fourth-order valence-corrected chi connectivity index (χ4v) is 1.18. The molecule has 0 aromatic heterocycles. The maximum Gasteiger partial charge on any atom is 0.350 e. The molecular weight excluding hydrogens is 288 g/mol. The third kappa shape index (κ3) is 7.56. The molecule has 0 heterocycles. The summed E-state index contributed by atoms with van der Waals surface area (Å²) in [6.07, 6.45) is 2.50. The molecule has 8 nitrogen and oxygen atoms in total. The molecule has 0 aromatic carbocycles. The number of hydrogen-bond donors (Lipinski definition) is 2. The summed E-state index contributed by atoms with van der Waals surface area (Å²) in [4.78, 5) is 22.6. The molecule has 0 aromatic rings. The highest BCUT2D eigenvalue weighted by Crippen LogP contribution is 1.95. The Morgan fingerprint density at radius 2 is 1.27 bits per heavy atom. The van der Waals surface area contributed by atoms with E-state index in [4.69, 9.17) is 10.5 Å². The Labute approximate surface area is 129 Å². The van der Waals surface area contributed by atoms with Crippen LogP contribution in [0.3, 0.4) is 0 Å². The first-order valence-electron chi connectivity index (χ1n) is 6.62. The normalized spacial score (nSPS) is 10.9. The van der Waals surface area contributed by atoms with Crippen molar-refractivity contribution in [3.8, 4) is 12.1 Å². The molecule has 0 saturated carbocycles. The summed E-state index contributed by atoms with van der Waals surface area (Å²) in [5.41, 5.74) is -0.275. The predicted molar refractivity (Wildman–Crippen MR) is 76.7 cm³/mol. The van der Waals surface area contributed by atoms with Gasteiger partial charge in [0.15, 0.2) is 11.1 Å². The molecular formula is C14H18N4O4. The number of nitrogens with one attached hydrogen (secondary N) is 2. The van der Waals surface area contributed by atoms with Crippen molar-refractivity contribution in [2.75, 3.05) is 26.3 Å². The number of carbonyl (C=O) groups is 2. The van der Waals surface area contributed by atoms with Crippen LogP contribution in [0, 0.1) is 22.7 Å². The summed E-state index contributed by atoms with van der Waals surface area (Å²) < 4.78 is 9.37. The van der Waals surface area contributed by atoms with Crippen LogP contribution in [0.25, 0.3) is 0 Å². The lowest BCUT2D eigenvalue weighted by molar-refractivity contribution is -0.138. The van der Waals surface area contributed by atoms with Crippen molar-refractivity contribution in [2.45, 2.75) is 13.8 Å².